The lowest BCUT2D eigenvalue weighted by Crippen LogP contribution is -2.40. The van der Waals surface area contributed by atoms with Crippen LogP contribution in [0.4, 0.5) is 22.0 Å². The third kappa shape index (κ3) is 6.07. The van der Waals surface area contributed by atoms with E-state index in [0.717, 1.165) is 31.4 Å². The first-order valence-electron chi connectivity index (χ1n) is 11.2. The van der Waals surface area contributed by atoms with Crippen molar-refractivity contribution in [2.75, 3.05) is 24.3 Å². The van der Waals surface area contributed by atoms with Gasteiger partial charge in [-0.05, 0) is 43.5 Å². The van der Waals surface area contributed by atoms with Gasteiger partial charge < -0.3 is 25.4 Å². The van der Waals surface area contributed by atoms with Crippen LogP contribution in [0.15, 0.2) is 48.5 Å². The summed E-state index contributed by atoms with van der Waals surface area (Å²) < 4.78 is 25.0. The van der Waals surface area contributed by atoms with E-state index < -0.39 is 5.82 Å². The third-order valence-electron chi connectivity index (χ3n) is 5.57. The number of ether oxygens (including phenoxy) is 2. The van der Waals surface area contributed by atoms with Gasteiger partial charge in [0.25, 0.3) is 0 Å². The molecule has 1 aliphatic rings. The van der Waals surface area contributed by atoms with E-state index >= 15 is 0 Å². The minimum atomic E-state index is -0.478. The Morgan fingerprint density at radius 1 is 1.12 bits per heavy atom. The van der Waals surface area contributed by atoms with Crippen LogP contribution in [0.25, 0.3) is 0 Å². The Labute approximate surface area is 193 Å². The second-order valence-corrected chi connectivity index (χ2v) is 7.88. The van der Waals surface area contributed by atoms with E-state index in [2.05, 4.69) is 37.8 Å². The fraction of sp³-hybridized carbons (Fsp3) is 0.375. The number of nitrogens with one attached hydrogen (secondary N) is 3. The van der Waals surface area contributed by atoms with Crippen LogP contribution in [0.5, 0.6) is 11.8 Å². The van der Waals surface area contributed by atoms with E-state index in [1.807, 2.05) is 30.3 Å². The topological polar surface area (TPSA) is 93.2 Å². The monoisotopic (exact) mass is 452 g/mol. The zero-order chi connectivity index (χ0) is 23.0. The molecule has 2 unspecified atom stereocenters. The van der Waals surface area contributed by atoms with Crippen molar-refractivity contribution in [1.29, 1.82) is 0 Å². The number of methoxy groups -OCH3 is 1. The van der Waals surface area contributed by atoms with Gasteiger partial charge in [0.2, 0.25) is 11.9 Å². The molecule has 0 amide bonds. The van der Waals surface area contributed by atoms with Gasteiger partial charge in [-0.3, -0.25) is 0 Å². The SMILES string of the molecule is CCC(Nc1nc(Nc2ccc(OC)c(F)c2)nc(OCc2ccccc2)n1)C1CCCN1. The number of hydrogen-bond acceptors (Lipinski definition) is 8. The molecule has 0 spiro atoms. The zero-order valence-electron chi connectivity index (χ0n) is 18.8. The van der Waals surface area contributed by atoms with E-state index in [1.54, 1.807) is 12.1 Å². The lowest BCUT2D eigenvalue weighted by molar-refractivity contribution is 0.280. The van der Waals surface area contributed by atoms with Crippen LogP contribution < -0.4 is 25.4 Å². The van der Waals surface area contributed by atoms with Gasteiger partial charge in [-0.1, -0.05) is 37.3 Å². The molecular weight excluding hydrogens is 423 g/mol. The number of hydrogen-bond donors (Lipinski definition) is 3. The van der Waals surface area contributed by atoms with Gasteiger partial charge in [-0.25, -0.2) is 4.39 Å². The maximum Gasteiger partial charge on any atom is 0.323 e. The fourth-order valence-corrected chi connectivity index (χ4v) is 3.84. The molecule has 0 radical (unpaired) electrons. The van der Waals surface area contributed by atoms with Gasteiger partial charge in [-0.2, -0.15) is 15.0 Å². The van der Waals surface area contributed by atoms with Crippen LogP contribution in [0.3, 0.4) is 0 Å². The van der Waals surface area contributed by atoms with Crippen molar-refractivity contribution < 1.29 is 13.9 Å². The highest BCUT2D eigenvalue weighted by Gasteiger charge is 2.24. The van der Waals surface area contributed by atoms with Crippen LogP contribution in [0.2, 0.25) is 0 Å². The number of halogens is 1. The van der Waals surface area contributed by atoms with Crippen LogP contribution >= 0.6 is 0 Å². The molecule has 9 heteroatoms. The fourth-order valence-electron chi connectivity index (χ4n) is 3.84. The van der Waals surface area contributed by atoms with Crippen LogP contribution in [0, 0.1) is 5.82 Å². The Hall–Kier alpha value is -3.46. The van der Waals surface area contributed by atoms with Crippen molar-refractivity contribution >= 4 is 17.6 Å². The summed E-state index contributed by atoms with van der Waals surface area (Å²) in [6, 6.07) is 15.1. The average Bonchev–Trinajstić information content (AvgIpc) is 3.37. The highest BCUT2D eigenvalue weighted by molar-refractivity contribution is 5.56. The number of rotatable bonds is 10. The van der Waals surface area contributed by atoms with Crippen LogP contribution in [0.1, 0.15) is 31.7 Å². The molecule has 174 valence electrons. The van der Waals surface area contributed by atoms with E-state index in [0.29, 0.717) is 24.3 Å². The van der Waals surface area contributed by atoms with Gasteiger partial charge in [0.1, 0.15) is 6.61 Å². The van der Waals surface area contributed by atoms with Gasteiger partial charge in [-0.15, -0.1) is 0 Å². The Bertz CT molecular complexity index is 1050. The number of aromatic nitrogens is 3. The lowest BCUT2D eigenvalue weighted by Gasteiger charge is -2.24. The third-order valence-corrected chi connectivity index (χ3v) is 5.57. The molecule has 33 heavy (non-hydrogen) atoms. The molecule has 1 fully saturated rings. The quantitative estimate of drug-likeness (QED) is 0.420. The first-order chi connectivity index (χ1) is 16.1. The molecule has 2 aromatic carbocycles. The summed E-state index contributed by atoms with van der Waals surface area (Å²) in [5.41, 5.74) is 1.49. The summed E-state index contributed by atoms with van der Waals surface area (Å²) in [4.78, 5) is 13.4. The molecule has 1 aromatic heterocycles. The van der Waals surface area contributed by atoms with Crippen LogP contribution in [-0.2, 0) is 6.61 Å². The molecule has 4 rings (SSSR count). The summed E-state index contributed by atoms with van der Waals surface area (Å²) in [6.45, 7) is 3.47. The zero-order valence-corrected chi connectivity index (χ0v) is 18.8. The van der Waals surface area contributed by atoms with E-state index in [-0.39, 0.29) is 23.8 Å². The number of benzene rings is 2. The maximum absolute atomic E-state index is 14.1. The molecule has 0 saturated carbocycles. The molecule has 0 bridgehead atoms. The van der Waals surface area contributed by atoms with Crippen molar-refractivity contribution in [3.8, 4) is 11.8 Å². The molecule has 1 aliphatic heterocycles. The predicted octanol–water partition coefficient (Wildman–Crippen LogP) is 4.28. The molecule has 0 aliphatic carbocycles. The van der Waals surface area contributed by atoms with Gasteiger partial charge in [0.05, 0.1) is 7.11 Å². The minimum Gasteiger partial charge on any atom is -0.494 e. The Morgan fingerprint density at radius 2 is 1.94 bits per heavy atom. The molecule has 8 nitrogen and oxygen atoms in total. The van der Waals surface area contributed by atoms with Crippen molar-refractivity contribution in [1.82, 2.24) is 20.3 Å². The first kappa shape index (κ1) is 22.7. The second kappa shape index (κ2) is 10.9. The molecule has 2 atom stereocenters. The average molecular weight is 453 g/mol. The van der Waals surface area contributed by atoms with Crippen molar-refractivity contribution in [3.63, 3.8) is 0 Å². The van der Waals surface area contributed by atoms with Crippen molar-refractivity contribution in [2.24, 2.45) is 0 Å². The lowest BCUT2D eigenvalue weighted by atomic mass is 10.0. The first-order valence-corrected chi connectivity index (χ1v) is 11.2. The summed E-state index contributed by atoms with van der Waals surface area (Å²) in [5.74, 6) is 0.355. The normalized spacial score (nSPS) is 16.3. The summed E-state index contributed by atoms with van der Waals surface area (Å²) >= 11 is 0. The van der Waals surface area contributed by atoms with Crippen LogP contribution in [-0.4, -0.2) is 40.7 Å². The number of nitrogens with zero attached hydrogens (tertiary/aromatic N) is 3. The summed E-state index contributed by atoms with van der Waals surface area (Å²) in [7, 11) is 1.43. The number of anilines is 3. The van der Waals surface area contributed by atoms with E-state index in [9.17, 15) is 4.39 Å². The Balaban J connectivity index is 1.56. The second-order valence-electron chi connectivity index (χ2n) is 7.88. The van der Waals surface area contributed by atoms with Crippen molar-refractivity contribution in [3.05, 3.63) is 59.9 Å². The Kier molecular flexibility index (Phi) is 7.51. The molecular formula is C24H29FN6O2. The van der Waals surface area contributed by atoms with E-state index in [1.165, 1.54) is 13.2 Å². The molecule has 1 saturated heterocycles. The summed E-state index contributed by atoms with van der Waals surface area (Å²) in [6.07, 6.45) is 3.17. The predicted molar refractivity (Wildman–Crippen MR) is 126 cm³/mol. The van der Waals surface area contributed by atoms with Gasteiger partial charge in [0, 0.05) is 23.8 Å². The molecule has 3 aromatic rings. The summed E-state index contributed by atoms with van der Waals surface area (Å²) in [5, 5.41) is 10.00. The maximum atomic E-state index is 14.1. The van der Waals surface area contributed by atoms with Crippen molar-refractivity contribution in [2.45, 2.75) is 44.9 Å². The minimum absolute atomic E-state index is 0.167. The standard InChI is InChI=1S/C24H29FN6O2/c1-3-19(20-10-7-13-26-20)28-23-29-22(27-17-11-12-21(32-2)18(25)14-17)30-24(31-23)33-15-16-8-5-4-6-9-16/h4-6,8-9,11-12,14,19-20,26H,3,7,10,13,15H2,1-2H3,(H2,27,28,29,30,31). The van der Waals surface area contributed by atoms with Gasteiger partial charge in [0.15, 0.2) is 11.6 Å². The highest BCUT2D eigenvalue weighted by Crippen LogP contribution is 2.24. The largest absolute Gasteiger partial charge is 0.494 e. The molecule has 3 N–H and O–H groups in total. The Morgan fingerprint density at radius 3 is 2.64 bits per heavy atom. The van der Waals surface area contributed by atoms with E-state index in [4.69, 9.17) is 9.47 Å². The molecule has 2 heterocycles. The highest BCUT2D eigenvalue weighted by atomic mass is 19.1. The van der Waals surface area contributed by atoms with Gasteiger partial charge >= 0.3 is 6.01 Å². The smallest absolute Gasteiger partial charge is 0.323 e.